The largest absolute Gasteiger partial charge is 0.252 e. The Morgan fingerprint density at radius 2 is 2.20 bits per heavy atom. The molecule has 0 saturated carbocycles. The van der Waals surface area contributed by atoms with Crippen molar-refractivity contribution in [3.8, 4) is 6.07 Å². The molecule has 15 heavy (non-hydrogen) atoms. The first kappa shape index (κ1) is 14.2. The lowest BCUT2D eigenvalue weighted by molar-refractivity contribution is -0.250. The highest BCUT2D eigenvalue weighted by molar-refractivity contribution is 4.88. The monoisotopic (exact) mass is 211 g/mol. The zero-order valence-electron chi connectivity index (χ0n) is 9.65. The molecule has 0 aliphatic carbocycles. The lowest BCUT2D eigenvalue weighted by Gasteiger charge is -2.12. The van der Waals surface area contributed by atoms with E-state index in [1.54, 1.807) is 0 Å². The van der Waals surface area contributed by atoms with Crippen molar-refractivity contribution in [3.05, 3.63) is 12.2 Å². The fourth-order valence-corrected chi connectivity index (χ4v) is 1.50. The van der Waals surface area contributed by atoms with Gasteiger partial charge in [0, 0.05) is 5.92 Å². The Morgan fingerprint density at radius 1 is 1.47 bits per heavy atom. The lowest BCUT2D eigenvalue weighted by Crippen LogP contribution is -2.09. The van der Waals surface area contributed by atoms with Crippen LogP contribution in [0.2, 0.25) is 0 Å². The van der Waals surface area contributed by atoms with Crippen molar-refractivity contribution in [3.63, 3.8) is 0 Å². The van der Waals surface area contributed by atoms with Crippen LogP contribution in [0.25, 0.3) is 0 Å². The Morgan fingerprint density at radius 3 is 2.73 bits per heavy atom. The average molecular weight is 211 g/mol. The van der Waals surface area contributed by atoms with Crippen molar-refractivity contribution in [1.82, 2.24) is 0 Å². The first-order valence-corrected chi connectivity index (χ1v) is 5.55. The molecule has 0 aromatic rings. The van der Waals surface area contributed by atoms with E-state index in [-0.39, 0.29) is 11.8 Å². The predicted molar refractivity (Wildman–Crippen MR) is 60.1 cm³/mol. The summed E-state index contributed by atoms with van der Waals surface area (Å²) in [6.07, 6.45) is 7.93. The van der Waals surface area contributed by atoms with Gasteiger partial charge in [0.1, 0.15) is 0 Å². The van der Waals surface area contributed by atoms with Gasteiger partial charge in [0.2, 0.25) is 0 Å². The van der Waals surface area contributed by atoms with Crippen molar-refractivity contribution < 1.29 is 10.1 Å². The van der Waals surface area contributed by atoms with Crippen molar-refractivity contribution in [2.24, 2.45) is 11.8 Å². The van der Waals surface area contributed by atoms with Crippen LogP contribution in [0.3, 0.4) is 0 Å². The Kier molecular flexibility index (Phi) is 9.15. The normalized spacial score (nSPS) is 15.1. The van der Waals surface area contributed by atoms with Crippen LogP contribution in [0.1, 0.15) is 39.5 Å². The molecule has 0 radical (unpaired) electrons. The molecule has 3 nitrogen and oxygen atoms in total. The van der Waals surface area contributed by atoms with E-state index in [1.165, 1.54) is 0 Å². The Labute approximate surface area is 92.3 Å². The van der Waals surface area contributed by atoms with Gasteiger partial charge in [0.15, 0.2) is 0 Å². The van der Waals surface area contributed by atoms with Gasteiger partial charge in [-0.15, -0.1) is 0 Å². The molecule has 3 heteroatoms. The summed E-state index contributed by atoms with van der Waals surface area (Å²) in [5.41, 5.74) is 0. The van der Waals surface area contributed by atoms with Crippen LogP contribution in [0, 0.1) is 23.2 Å². The molecular formula is C12H21NO2. The molecule has 86 valence electrons. The molecule has 0 rings (SSSR count). The molecule has 0 spiro atoms. The molecule has 1 N–H and O–H groups in total. The molecule has 2 atom stereocenters. The number of allylic oxidation sites excluding steroid dienone is 2. The summed E-state index contributed by atoms with van der Waals surface area (Å²) in [6.45, 7) is 4.38. The predicted octanol–water partition coefficient (Wildman–Crippen LogP) is 3.39. The molecule has 0 aromatic heterocycles. The Bertz CT molecular complexity index is 208. The molecule has 0 saturated heterocycles. The fourth-order valence-electron chi connectivity index (χ4n) is 1.50. The van der Waals surface area contributed by atoms with Crippen molar-refractivity contribution in [2.45, 2.75) is 39.5 Å². The van der Waals surface area contributed by atoms with Crippen molar-refractivity contribution >= 4 is 0 Å². The van der Waals surface area contributed by atoms with Gasteiger partial charge in [-0.05, 0) is 31.6 Å². The molecular weight excluding hydrogens is 190 g/mol. The van der Waals surface area contributed by atoms with Crippen LogP contribution >= 0.6 is 0 Å². The summed E-state index contributed by atoms with van der Waals surface area (Å²) in [5.74, 6) is 0.298. The SMILES string of the molecule is CCC=CCCC(C#N)CC(C)COO. The maximum absolute atomic E-state index is 8.92. The Hall–Kier alpha value is -0.850. The van der Waals surface area contributed by atoms with Crippen molar-refractivity contribution in [2.75, 3.05) is 6.61 Å². The van der Waals surface area contributed by atoms with E-state index >= 15 is 0 Å². The second-order valence-electron chi connectivity index (χ2n) is 3.92. The van der Waals surface area contributed by atoms with Gasteiger partial charge >= 0.3 is 0 Å². The highest BCUT2D eigenvalue weighted by Crippen LogP contribution is 2.17. The minimum atomic E-state index is 0.0663. The number of nitrogens with zero attached hydrogens (tertiary/aromatic N) is 1. The fraction of sp³-hybridized carbons (Fsp3) is 0.750. The Balaban J connectivity index is 3.73. The van der Waals surface area contributed by atoms with Crippen LogP contribution in [-0.4, -0.2) is 11.9 Å². The molecule has 0 fully saturated rings. The lowest BCUT2D eigenvalue weighted by atomic mass is 9.93. The molecule has 2 unspecified atom stereocenters. The number of hydrogen-bond acceptors (Lipinski definition) is 3. The summed E-state index contributed by atoms with van der Waals surface area (Å²) in [7, 11) is 0. The summed E-state index contributed by atoms with van der Waals surface area (Å²) in [4.78, 5) is 4.07. The smallest absolute Gasteiger partial charge is 0.0845 e. The average Bonchev–Trinajstić information content (AvgIpc) is 2.23. The third-order valence-corrected chi connectivity index (χ3v) is 2.31. The van der Waals surface area contributed by atoms with Crippen LogP contribution < -0.4 is 0 Å². The third kappa shape index (κ3) is 8.17. The van der Waals surface area contributed by atoms with Crippen LogP contribution in [0.15, 0.2) is 12.2 Å². The van der Waals surface area contributed by atoms with Gasteiger partial charge in [0.05, 0.1) is 12.7 Å². The topological polar surface area (TPSA) is 53.2 Å². The zero-order valence-corrected chi connectivity index (χ0v) is 9.65. The standard InChI is InChI=1S/C12H21NO2/c1-3-4-5-6-7-12(9-13)8-11(2)10-15-14/h4-5,11-12,14H,3,6-8,10H2,1-2H3. The van der Waals surface area contributed by atoms with Crippen LogP contribution in [0.5, 0.6) is 0 Å². The first-order valence-electron chi connectivity index (χ1n) is 5.55. The van der Waals surface area contributed by atoms with Crippen LogP contribution in [0.4, 0.5) is 0 Å². The van der Waals surface area contributed by atoms with Gasteiger partial charge in [-0.1, -0.05) is 26.0 Å². The molecule has 0 amide bonds. The minimum absolute atomic E-state index is 0.0663. The highest BCUT2D eigenvalue weighted by Gasteiger charge is 2.11. The number of rotatable bonds is 8. The zero-order chi connectivity index (χ0) is 11.5. The van der Waals surface area contributed by atoms with Gasteiger partial charge in [-0.2, -0.15) is 5.26 Å². The summed E-state index contributed by atoms with van der Waals surface area (Å²) >= 11 is 0. The maximum Gasteiger partial charge on any atom is 0.0845 e. The van der Waals surface area contributed by atoms with E-state index in [9.17, 15) is 0 Å². The molecule has 0 aromatic carbocycles. The molecule has 0 aliphatic heterocycles. The van der Waals surface area contributed by atoms with Gasteiger partial charge in [0.25, 0.3) is 0 Å². The van der Waals surface area contributed by atoms with E-state index in [4.69, 9.17) is 10.5 Å². The van der Waals surface area contributed by atoms with E-state index in [0.29, 0.717) is 6.61 Å². The summed E-state index contributed by atoms with van der Waals surface area (Å²) in [5, 5.41) is 17.2. The maximum atomic E-state index is 8.92. The van der Waals surface area contributed by atoms with E-state index in [1.807, 2.05) is 6.92 Å². The van der Waals surface area contributed by atoms with Gasteiger partial charge in [-0.3, -0.25) is 5.26 Å². The summed E-state index contributed by atoms with van der Waals surface area (Å²) < 4.78 is 0. The van der Waals surface area contributed by atoms with E-state index in [2.05, 4.69) is 30.0 Å². The van der Waals surface area contributed by atoms with Crippen LogP contribution in [-0.2, 0) is 4.89 Å². The van der Waals surface area contributed by atoms with Gasteiger partial charge in [-0.25, -0.2) is 4.89 Å². The molecule has 0 heterocycles. The van der Waals surface area contributed by atoms with Crippen molar-refractivity contribution in [1.29, 1.82) is 5.26 Å². The third-order valence-electron chi connectivity index (χ3n) is 2.31. The summed E-state index contributed by atoms with van der Waals surface area (Å²) in [6, 6.07) is 2.30. The second kappa shape index (κ2) is 9.70. The minimum Gasteiger partial charge on any atom is -0.252 e. The molecule has 0 aliphatic rings. The number of hydrogen-bond donors (Lipinski definition) is 1. The van der Waals surface area contributed by atoms with Gasteiger partial charge < -0.3 is 0 Å². The highest BCUT2D eigenvalue weighted by atomic mass is 17.1. The quantitative estimate of drug-likeness (QED) is 0.380. The van der Waals surface area contributed by atoms with E-state index < -0.39 is 0 Å². The molecule has 0 bridgehead atoms. The van der Waals surface area contributed by atoms with E-state index in [0.717, 1.165) is 25.7 Å². The second-order valence-corrected chi connectivity index (χ2v) is 3.92. The number of nitriles is 1. The first-order chi connectivity index (χ1) is 7.24.